The fraction of sp³-hybridized carbons (Fsp3) is 0.133. The largest absolute Gasteiger partial charge is 0.494 e. The fourth-order valence-electron chi connectivity index (χ4n) is 7.37. The number of benzene rings is 6. The van der Waals surface area contributed by atoms with Gasteiger partial charge in [-0.1, -0.05) is 115 Å². The summed E-state index contributed by atoms with van der Waals surface area (Å²) in [5, 5.41) is 4.66. The van der Waals surface area contributed by atoms with Gasteiger partial charge >= 0.3 is 7.12 Å². The van der Waals surface area contributed by atoms with Crippen LogP contribution >= 0.6 is 11.3 Å². The molecule has 53 heavy (non-hydrogen) atoms. The van der Waals surface area contributed by atoms with Gasteiger partial charge in [0.2, 0.25) is 5.95 Å². The van der Waals surface area contributed by atoms with Crippen molar-refractivity contribution in [3.8, 4) is 39.9 Å². The molecule has 0 spiro atoms. The number of nitrogens with zero attached hydrogens (tertiary/aromatic N) is 4. The van der Waals surface area contributed by atoms with E-state index in [1.165, 1.54) is 15.5 Å². The Kier molecular flexibility index (Phi) is 7.21. The van der Waals surface area contributed by atoms with E-state index in [2.05, 4.69) is 148 Å². The first-order chi connectivity index (χ1) is 25.7. The first-order valence-electron chi connectivity index (χ1n) is 18.0. The van der Waals surface area contributed by atoms with Crippen LogP contribution in [0.15, 0.2) is 140 Å². The highest BCUT2D eigenvalue weighted by Gasteiger charge is 2.51. The maximum Gasteiger partial charge on any atom is 0.494 e. The summed E-state index contributed by atoms with van der Waals surface area (Å²) in [4.78, 5) is 15.5. The third kappa shape index (κ3) is 5.28. The zero-order valence-corrected chi connectivity index (χ0v) is 30.7. The van der Waals surface area contributed by atoms with Crippen molar-refractivity contribution in [1.29, 1.82) is 0 Å². The lowest BCUT2D eigenvalue weighted by Gasteiger charge is -2.32. The van der Waals surface area contributed by atoms with Gasteiger partial charge in [0.05, 0.1) is 22.2 Å². The van der Waals surface area contributed by atoms with E-state index in [1.54, 1.807) is 11.3 Å². The van der Waals surface area contributed by atoms with Crippen LogP contribution in [0.25, 0.3) is 81.8 Å². The van der Waals surface area contributed by atoms with Crippen LogP contribution in [0, 0.1) is 0 Å². The van der Waals surface area contributed by atoms with Gasteiger partial charge in [0.1, 0.15) is 0 Å². The smallest absolute Gasteiger partial charge is 0.399 e. The molecule has 6 nitrogen and oxygen atoms in total. The van der Waals surface area contributed by atoms with Gasteiger partial charge in [0.25, 0.3) is 0 Å². The molecular formula is C45H35BN4O2S. The zero-order chi connectivity index (χ0) is 35.9. The zero-order valence-electron chi connectivity index (χ0n) is 29.9. The lowest BCUT2D eigenvalue weighted by Crippen LogP contribution is -2.41. The summed E-state index contributed by atoms with van der Waals surface area (Å²) in [6, 6.07) is 48.8. The molecule has 1 saturated heterocycles. The van der Waals surface area contributed by atoms with Crippen LogP contribution in [0.4, 0.5) is 0 Å². The first-order valence-corrected chi connectivity index (χ1v) is 18.8. The Hall–Kier alpha value is -5.67. The van der Waals surface area contributed by atoms with E-state index in [0.717, 1.165) is 54.2 Å². The van der Waals surface area contributed by atoms with Crippen molar-refractivity contribution in [3.05, 3.63) is 140 Å². The Labute approximate surface area is 311 Å². The standard InChI is InChI=1S/C45H35BN4O2S/c1-44(2)45(3,4)52-46(51-44)32-21-24-39-36(27-32)35-23-20-31(26-40(35)53-39)42-47-41(29-15-9-6-10-16-29)48-43(49-42)50-37-18-12-11-17-33(37)34-22-19-30(25-38(34)50)28-13-7-5-8-14-28/h5-27H,1-4H3. The summed E-state index contributed by atoms with van der Waals surface area (Å²) in [7, 11) is -0.414. The predicted octanol–water partition coefficient (Wildman–Crippen LogP) is 10.6. The highest BCUT2D eigenvalue weighted by molar-refractivity contribution is 7.25. The molecule has 256 valence electrons. The van der Waals surface area contributed by atoms with E-state index in [4.69, 9.17) is 24.3 Å². The third-order valence-electron chi connectivity index (χ3n) is 10.9. The van der Waals surface area contributed by atoms with Gasteiger partial charge in [-0.2, -0.15) is 9.97 Å². The molecule has 4 heterocycles. The number of hydrogen-bond acceptors (Lipinski definition) is 6. The van der Waals surface area contributed by atoms with Gasteiger partial charge in [-0.25, -0.2) is 4.98 Å². The quantitative estimate of drug-likeness (QED) is 0.167. The number of aromatic nitrogens is 4. The van der Waals surface area contributed by atoms with Crippen molar-refractivity contribution < 1.29 is 9.31 Å². The Morgan fingerprint density at radius 2 is 1.11 bits per heavy atom. The average Bonchev–Trinajstić information content (AvgIpc) is 3.79. The Bertz CT molecular complexity index is 2850. The predicted molar refractivity (Wildman–Crippen MR) is 219 cm³/mol. The maximum absolute atomic E-state index is 6.39. The van der Waals surface area contributed by atoms with E-state index in [-0.39, 0.29) is 0 Å². The molecule has 0 atom stereocenters. The molecule has 0 N–H and O–H groups in total. The van der Waals surface area contributed by atoms with Crippen LogP contribution in [0.3, 0.4) is 0 Å². The summed E-state index contributed by atoms with van der Waals surface area (Å²) < 4.78 is 17.3. The van der Waals surface area contributed by atoms with Crippen LogP contribution in [0.2, 0.25) is 0 Å². The Balaban J connectivity index is 1.14. The number of para-hydroxylation sites is 1. The second-order valence-electron chi connectivity index (χ2n) is 14.8. The van der Waals surface area contributed by atoms with Crippen LogP contribution in [-0.4, -0.2) is 37.8 Å². The van der Waals surface area contributed by atoms with Gasteiger partial charge in [-0.3, -0.25) is 4.57 Å². The Morgan fingerprint density at radius 3 is 1.87 bits per heavy atom. The molecule has 0 radical (unpaired) electrons. The molecule has 6 aromatic carbocycles. The second kappa shape index (κ2) is 11.9. The van der Waals surface area contributed by atoms with Gasteiger partial charge in [-0.15, -0.1) is 11.3 Å². The third-order valence-corrected chi connectivity index (χ3v) is 12.0. The van der Waals surface area contributed by atoms with Crippen molar-refractivity contribution in [3.63, 3.8) is 0 Å². The molecule has 10 rings (SSSR count). The molecule has 0 aliphatic carbocycles. The van der Waals surface area contributed by atoms with Crippen LogP contribution in [0.1, 0.15) is 27.7 Å². The lowest BCUT2D eigenvalue weighted by atomic mass is 9.78. The molecule has 0 saturated carbocycles. The summed E-state index contributed by atoms with van der Waals surface area (Å²) >= 11 is 1.77. The molecule has 0 amide bonds. The van der Waals surface area contributed by atoms with Gasteiger partial charge in [0, 0.05) is 36.7 Å². The van der Waals surface area contributed by atoms with Crippen molar-refractivity contribution in [2.45, 2.75) is 38.9 Å². The summed E-state index contributed by atoms with van der Waals surface area (Å²) in [6.45, 7) is 8.36. The van der Waals surface area contributed by atoms with Gasteiger partial charge in [0.15, 0.2) is 11.6 Å². The SMILES string of the molecule is CC1(C)OB(c2ccc3sc4cc(-c5nc(-c6ccccc6)nc(-n6c7ccccc7c7ccc(-c8ccccc8)cc76)n5)ccc4c3c2)OC1(C)C. The summed E-state index contributed by atoms with van der Waals surface area (Å²) in [5.74, 6) is 1.82. The van der Waals surface area contributed by atoms with E-state index < -0.39 is 18.3 Å². The molecule has 8 heteroatoms. The summed E-state index contributed by atoms with van der Waals surface area (Å²) in [5.41, 5.74) is 6.47. The number of rotatable bonds is 5. The minimum atomic E-state index is -0.414. The van der Waals surface area contributed by atoms with E-state index in [9.17, 15) is 0 Å². The molecule has 1 fully saturated rings. The highest BCUT2D eigenvalue weighted by Crippen LogP contribution is 2.40. The first kappa shape index (κ1) is 32.0. The number of fused-ring (bicyclic) bond motifs is 6. The molecule has 9 aromatic rings. The van der Waals surface area contributed by atoms with Crippen molar-refractivity contribution >= 4 is 65.9 Å². The molecule has 1 aliphatic heterocycles. The van der Waals surface area contributed by atoms with Crippen molar-refractivity contribution in [2.24, 2.45) is 0 Å². The fourth-order valence-corrected chi connectivity index (χ4v) is 8.49. The molecule has 3 aromatic heterocycles. The minimum absolute atomic E-state index is 0.399. The van der Waals surface area contributed by atoms with Gasteiger partial charge in [-0.05, 0) is 73.9 Å². The highest BCUT2D eigenvalue weighted by atomic mass is 32.1. The lowest BCUT2D eigenvalue weighted by molar-refractivity contribution is 0.00578. The topological polar surface area (TPSA) is 62.1 Å². The normalized spacial score (nSPS) is 15.3. The van der Waals surface area contributed by atoms with Crippen LogP contribution < -0.4 is 5.46 Å². The maximum atomic E-state index is 6.39. The van der Waals surface area contributed by atoms with Crippen LogP contribution in [-0.2, 0) is 9.31 Å². The monoisotopic (exact) mass is 706 g/mol. The number of hydrogen-bond donors (Lipinski definition) is 0. The summed E-state index contributed by atoms with van der Waals surface area (Å²) in [6.07, 6.45) is 0. The molecule has 0 bridgehead atoms. The van der Waals surface area contributed by atoms with E-state index in [0.29, 0.717) is 17.6 Å². The number of thiophene rings is 1. The molecular weight excluding hydrogens is 671 g/mol. The minimum Gasteiger partial charge on any atom is -0.399 e. The van der Waals surface area contributed by atoms with Crippen molar-refractivity contribution in [2.75, 3.05) is 0 Å². The van der Waals surface area contributed by atoms with E-state index >= 15 is 0 Å². The van der Waals surface area contributed by atoms with Gasteiger partial charge < -0.3 is 9.31 Å². The second-order valence-corrected chi connectivity index (χ2v) is 15.8. The average molecular weight is 707 g/mol. The van der Waals surface area contributed by atoms with E-state index in [1.807, 2.05) is 24.3 Å². The van der Waals surface area contributed by atoms with Crippen molar-refractivity contribution in [1.82, 2.24) is 19.5 Å². The molecule has 1 aliphatic rings. The Morgan fingerprint density at radius 1 is 0.491 bits per heavy atom. The molecule has 0 unspecified atom stereocenters. The van der Waals surface area contributed by atoms with Crippen LogP contribution in [0.5, 0.6) is 0 Å².